The molecule has 0 bridgehead atoms. The van der Waals surface area contributed by atoms with Gasteiger partial charge in [-0.3, -0.25) is 14.4 Å². The first-order valence-corrected chi connectivity index (χ1v) is 10.6. The van der Waals surface area contributed by atoms with E-state index in [4.69, 9.17) is 0 Å². The quantitative estimate of drug-likeness (QED) is 0.619. The lowest BCUT2D eigenvalue weighted by Crippen LogP contribution is -2.51. The van der Waals surface area contributed by atoms with Gasteiger partial charge in [0.2, 0.25) is 5.91 Å². The molecule has 2 atom stereocenters. The molecule has 5 rings (SSSR count). The van der Waals surface area contributed by atoms with Crippen molar-refractivity contribution in [3.8, 4) is 11.1 Å². The van der Waals surface area contributed by atoms with E-state index in [0.717, 1.165) is 18.2 Å². The molecule has 34 heavy (non-hydrogen) atoms. The van der Waals surface area contributed by atoms with Crippen molar-refractivity contribution in [3.63, 3.8) is 0 Å². The molecule has 2 unspecified atom stereocenters. The maximum atomic E-state index is 14.3. The number of carbonyl (C=O) groups excluding carboxylic acids is 3. The minimum absolute atomic E-state index is 0.105. The van der Waals surface area contributed by atoms with Crippen LogP contribution in [-0.4, -0.2) is 41.2 Å². The molecule has 9 heteroatoms. The van der Waals surface area contributed by atoms with Gasteiger partial charge in [-0.2, -0.15) is 0 Å². The second kappa shape index (κ2) is 8.33. The molecular weight excluding hydrogens is 447 g/mol. The van der Waals surface area contributed by atoms with E-state index in [1.165, 1.54) is 47.4 Å². The summed E-state index contributed by atoms with van der Waals surface area (Å²) in [5.74, 6) is -3.54. The molecule has 0 radical (unpaired) electrons. The van der Waals surface area contributed by atoms with Crippen molar-refractivity contribution < 1.29 is 27.6 Å². The average molecular weight is 465 g/mol. The van der Waals surface area contributed by atoms with E-state index in [1.807, 2.05) is 0 Å². The van der Waals surface area contributed by atoms with E-state index in [9.17, 15) is 27.6 Å². The standard InChI is InChI=1S/C25H18F3N3O3/c26-15-3-1-2-14(10-15)23(32)30-21-8-9-31-22(21)24(33)29-20-7-4-13(11-18(20)25(31)34)17-6-5-16(27)12-19(17)28/h1-7,10-12,21-22H,8-9H2,(H,29,33)(H,30,32). The Morgan fingerprint density at radius 1 is 0.941 bits per heavy atom. The summed E-state index contributed by atoms with van der Waals surface area (Å²) in [6.07, 6.45) is 0.326. The number of nitrogens with zero attached hydrogens (tertiary/aromatic N) is 1. The Kier molecular flexibility index (Phi) is 5.31. The number of hydrogen-bond donors (Lipinski definition) is 2. The zero-order valence-corrected chi connectivity index (χ0v) is 17.6. The highest BCUT2D eigenvalue weighted by atomic mass is 19.1. The van der Waals surface area contributed by atoms with E-state index in [-0.39, 0.29) is 28.9 Å². The van der Waals surface area contributed by atoms with Crippen molar-refractivity contribution in [2.24, 2.45) is 0 Å². The Morgan fingerprint density at radius 2 is 1.74 bits per heavy atom. The second-order valence-electron chi connectivity index (χ2n) is 8.20. The Bertz CT molecular complexity index is 1340. The summed E-state index contributed by atoms with van der Waals surface area (Å²) in [6.45, 7) is 0.208. The molecule has 3 aromatic carbocycles. The van der Waals surface area contributed by atoms with Crippen LogP contribution >= 0.6 is 0 Å². The van der Waals surface area contributed by atoms with Gasteiger partial charge in [-0.1, -0.05) is 12.1 Å². The molecule has 1 fully saturated rings. The van der Waals surface area contributed by atoms with Gasteiger partial charge in [0.05, 0.1) is 17.3 Å². The highest BCUT2D eigenvalue weighted by Crippen LogP contribution is 2.33. The minimum atomic E-state index is -0.969. The lowest BCUT2D eigenvalue weighted by Gasteiger charge is -2.25. The molecule has 1 saturated heterocycles. The lowest BCUT2D eigenvalue weighted by atomic mass is 10.0. The molecule has 0 aliphatic carbocycles. The number of amides is 3. The van der Waals surface area contributed by atoms with Gasteiger partial charge in [0.15, 0.2) is 0 Å². The fourth-order valence-corrected chi connectivity index (χ4v) is 4.46. The van der Waals surface area contributed by atoms with Gasteiger partial charge in [0.25, 0.3) is 11.8 Å². The fraction of sp³-hybridized carbons (Fsp3) is 0.160. The molecule has 2 aliphatic rings. The zero-order valence-electron chi connectivity index (χ0n) is 17.6. The van der Waals surface area contributed by atoms with Gasteiger partial charge in [0, 0.05) is 23.7 Å². The number of fused-ring (bicyclic) bond motifs is 2. The predicted molar refractivity (Wildman–Crippen MR) is 118 cm³/mol. The van der Waals surface area contributed by atoms with Gasteiger partial charge in [-0.15, -0.1) is 0 Å². The Labute approximate surface area is 192 Å². The molecule has 0 spiro atoms. The largest absolute Gasteiger partial charge is 0.347 e. The summed E-state index contributed by atoms with van der Waals surface area (Å²) in [5.41, 5.74) is 0.992. The van der Waals surface area contributed by atoms with E-state index in [0.29, 0.717) is 12.0 Å². The first-order chi connectivity index (χ1) is 16.3. The number of nitrogens with one attached hydrogen (secondary N) is 2. The lowest BCUT2D eigenvalue weighted by molar-refractivity contribution is -0.120. The number of carbonyl (C=O) groups is 3. The average Bonchev–Trinajstić information content (AvgIpc) is 3.18. The SMILES string of the molecule is O=C(NC1CCN2C(=O)c3cc(-c4ccc(F)cc4F)ccc3NC(=O)C12)c1cccc(F)c1. The van der Waals surface area contributed by atoms with Crippen molar-refractivity contribution >= 4 is 23.4 Å². The number of halogens is 3. The predicted octanol–water partition coefficient (Wildman–Crippen LogP) is 3.74. The molecule has 2 aliphatic heterocycles. The number of benzene rings is 3. The van der Waals surface area contributed by atoms with Crippen LogP contribution in [0.15, 0.2) is 60.7 Å². The van der Waals surface area contributed by atoms with Crippen molar-refractivity contribution in [2.75, 3.05) is 11.9 Å². The molecule has 2 N–H and O–H groups in total. The van der Waals surface area contributed by atoms with Crippen LogP contribution in [0.25, 0.3) is 11.1 Å². The zero-order chi connectivity index (χ0) is 24.0. The molecule has 3 amide bonds. The first-order valence-electron chi connectivity index (χ1n) is 10.6. The van der Waals surface area contributed by atoms with E-state index in [2.05, 4.69) is 10.6 Å². The molecule has 0 saturated carbocycles. The van der Waals surface area contributed by atoms with Crippen LogP contribution < -0.4 is 10.6 Å². The summed E-state index contributed by atoms with van der Waals surface area (Å²) in [5, 5.41) is 5.44. The van der Waals surface area contributed by atoms with E-state index in [1.54, 1.807) is 0 Å². The Morgan fingerprint density at radius 3 is 2.50 bits per heavy atom. The summed E-state index contributed by atoms with van der Waals surface area (Å²) >= 11 is 0. The molecule has 3 aromatic rings. The Hall–Kier alpha value is -4.14. The maximum Gasteiger partial charge on any atom is 0.256 e. The number of anilines is 1. The molecule has 6 nitrogen and oxygen atoms in total. The monoisotopic (exact) mass is 465 g/mol. The minimum Gasteiger partial charge on any atom is -0.347 e. The van der Waals surface area contributed by atoms with Crippen molar-refractivity contribution in [2.45, 2.75) is 18.5 Å². The fourth-order valence-electron chi connectivity index (χ4n) is 4.46. The summed E-state index contributed by atoms with van der Waals surface area (Å²) < 4.78 is 41.1. The third kappa shape index (κ3) is 3.79. The summed E-state index contributed by atoms with van der Waals surface area (Å²) in [6, 6.07) is 11.2. The Balaban J connectivity index is 1.43. The van der Waals surface area contributed by atoms with Gasteiger partial charge in [0.1, 0.15) is 23.5 Å². The maximum absolute atomic E-state index is 14.3. The van der Waals surface area contributed by atoms with Crippen LogP contribution in [-0.2, 0) is 4.79 Å². The van der Waals surface area contributed by atoms with Gasteiger partial charge in [-0.05, 0) is 54.4 Å². The van der Waals surface area contributed by atoms with E-state index < -0.39 is 47.3 Å². The smallest absolute Gasteiger partial charge is 0.256 e. The van der Waals surface area contributed by atoms with Crippen molar-refractivity contribution in [1.82, 2.24) is 10.2 Å². The summed E-state index contributed by atoms with van der Waals surface area (Å²) in [7, 11) is 0. The van der Waals surface area contributed by atoms with Gasteiger partial charge in [-0.25, -0.2) is 13.2 Å². The van der Waals surface area contributed by atoms with Crippen LogP contribution in [0.2, 0.25) is 0 Å². The third-order valence-electron chi connectivity index (χ3n) is 6.08. The van der Waals surface area contributed by atoms with Crippen LogP contribution in [0.1, 0.15) is 27.1 Å². The van der Waals surface area contributed by atoms with Crippen LogP contribution in [0.3, 0.4) is 0 Å². The number of hydrogen-bond acceptors (Lipinski definition) is 3. The van der Waals surface area contributed by atoms with Gasteiger partial charge >= 0.3 is 0 Å². The third-order valence-corrected chi connectivity index (χ3v) is 6.08. The second-order valence-corrected chi connectivity index (χ2v) is 8.20. The first kappa shape index (κ1) is 21.7. The normalized spacial score (nSPS) is 19.2. The summed E-state index contributed by atoms with van der Waals surface area (Å²) in [4.78, 5) is 40.3. The molecule has 0 aromatic heterocycles. The van der Waals surface area contributed by atoms with E-state index >= 15 is 0 Å². The van der Waals surface area contributed by atoms with Crippen LogP contribution in [0.4, 0.5) is 18.9 Å². The topological polar surface area (TPSA) is 78.5 Å². The van der Waals surface area contributed by atoms with Crippen LogP contribution in [0, 0.1) is 17.5 Å². The molecule has 2 heterocycles. The van der Waals surface area contributed by atoms with Gasteiger partial charge < -0.3 is 15.5 Å². The number of rotatable bonds is 3. The van der Waals surface area contributed by atoms with Crippen LogP contribution in [0.5, 0.6) is 0 Å². The highest BCUT2D eigenvalue weighted by Gasteiger charge is 2.45. The molecular formula is C25H18F3N3O3. The highest BCUT2D eigenvalue weighted by molar-refractivity contribution is 6.11. The van der Waals surface area contributed by atoms with Crippen molar-refractivity contribution in [1.29, 1.82) is 0 Å². The van der Waals surface area contributed by atoms with Crippen molar-refractivity contribution in [3.05, 3.63) is 89.2 Å². The molecule has 172 valence electrons.